The third kappa shape index (κ3) is 4.58. The number of hydrogen-bond acceptors (Lipinski definition) is 7. The number of carboxylic acids is 1. The van der Waals surface area contributed by atoms with Crippen LogP contribution < -0.4 is 0 Å². The fourth-order valence-corrected chi connectivity index (χ4v) is 11.9. The Morgan fingerprint density at radius 3 is 2.11 bits per heavy atom. The van der Waals surface area contributed by atoms with Gasteiger partial charge in [-0.3, -0.25) is 19.2 Å². The van der Waals surface area contributed by atoms with Crippen molar-refractivity contribution in [2.75, 3.05) is 6.61 Å². The van der Waals surface area contributed by atoms with E-state index in [-0.39, 0.29) is 46.5 Å². The molecule has 12 atom stereocenters. The summed E-state index contributed by atoms with van der Waals surface area (Å²) in [4.78, 5) is 50.0. The van der Waals surface area contributed by atoms with Crippen LogP contribution in [0.4, 0.5) is 0 Å². The minimum Gasteiger partial charge on any atom is -0.481 e. The van der Waals surface area contributed by atoms with Crippen LogP contribution >= 0.6 is 0 Å². The van der Waals surface area contributed by atoms with Gasteiger partial charge in [0.15, 0.2) is 0 Å². The van der Waals surface area contributed by atoms with Gasteiger partial charge in [0.25, 0.3) is 0 Å². The third-order valence-electron chi connectivity index (χ3n) is 14.3. The zero-order chi connectivity index (χ0) is 32.6. The lowest BCUT2D eigenvalue weighted by molar-refractivity contribution is -0.256. The summed E-state index contributed by atoms with van der Waals surface area (Å²) in [5.41, 5.74) is -0.726. The number of aliphatic carboxylic acids is 1. The Hall–Kier alpha value is -2.38. The van der Waals surface area contributed by atoms with E-state index in [9.17, 15) is 24.3 Å². The van der Waals surface area contributed by atoms with Gasteiger partial charge in [-0.15, -0.1) is 0 Å². The summed E-state index contributed by atoms with van der Waals surface area (Å²) in [5, 5.41) is 10.7. The van der Waals surface area contributed by atoms with Crippen molar-refractivity contribution in [3.63, 3.8) is 0 Å². The normalized spacial score (nSPS) is 47.8. The smallest absolute Gasteiger partial charge is 0.310 e. The van der Waals surface area contributed by atoms with Crippen molar-refractivity contribution in [1.29, 1.82) is 0 Å². The summed E-state index contributed by atoms with van der Waals surface area (Å²) < 4.78 is 17.6. The number of carbonyl (C=O) groups excluding carboxylic acids is 3. The van der Waals surface area contributed by atoms with Crippen LogP contribution in [0.25, 0.3) is 0 Å². The lowest BCUT2D eigenvalue weighted by Gasteiger charge is -2.71. The molecule has 4 saturated carbocycles. The fraction of sp³-hybridized carbons (Fsp3) is 0.833. The number of fused-ring (bicyclic) bond motifs is 7. The van der Waals surface area contributed by atoms with Gasteiger partial charge >= 0.3 is 23.9 Å². The molecular weight excluding hydrogens is 560 g/mol. The van der Waals surface area contributed by atoms with Crippen molar-refractivity contribution in [3.8, 4) is 0 Å². The molecule has 1 N–H and O–H groups in total. The molecule has 0 saturated heterocycles. The van der Waals surface area contributed by atoms with Gasteiger partial charge in [-0.2, -0.15) is 0 Å². The van der Waals surface area contributed by atoms with E-state index in [0.717, 1.165) is 38.5 Å². The van der Waals surface area contributed by atoms with Crippen LogP contribution in [0.5, 0.6) is 0 Å². The van der Waals surface area contributed by atoms with Crippen molar-refractivity contribution >= 4 is 23.9 Å². The lowest BCUT2D eigenvalue weighted by atomic mass is 9.33. The van der Waals surface area contributed by atoms with Crippen molar-refractivity contribution in [2.24, 2.45) is 56.7 Å². The van der Waals surface area contributed by atoms with E-state index in [0.29, 0.717) is 18.8 Å². The van der Waals surface area contributed by atoms with Gasteiger partial charge in [0, 0.05) is 26.2 Å². The van der Waals surface area contributed by atoms with E-state index >= 15 is 0 Å². The quantitative estimate of drug-likeness (QED) is 0.206. The number of ether oxygens (including phenoxy) is 3. The zero-order valence-electron chi connectivity index (χ0n) is 28.3. The monoisotopic (exact) mass is 614 g/mol. The van der Waals surface area contributed by atoms with E-state index in [1.165, 1.54) is 26.3 Å². The second-order valence-corrected chi connectivity index (χ2v) is 16.3. The highest BCUT2D eigenvalue weighted by molar-refractivity contribution is 5.76. The molecule has 5 aliphatic rings. The maximum atomic E-state index is 13.0. The Morgan fingerprint density at radius 2 is 1.52 bits per heavy atom. The number of rotatable bonds is 5. The third-order valence-corrected chi connectivity index (χ3v) is 14.3. The molecule has 0 amide bonds. The first-order valence-corrected chi connectivity index (χ1v) is 16.8. The zero-order valence-corrected chi connectivity index (χ0v) is 28.3. The van der Waals surface area contributed by atoms with Crippen molar-refractivity contribution in [3.05, 3.63) is 11.6 Å². The van der Waals surface area contributed by atoms with Crippen molar-refractivity contribution < 1.29 is 38.5 Å². The van der Waals surface area contributed by atoms with Crippen LogP contribution in [0.15, 0.2) is 11.6 Å². The Bertz CT molecular complexity index is 1260. The average molecular weight is 615 g/mol. The molecule has 0 aromatic rings. The van der Waals surface area contributed by atoms with E-state index in [1.807, 2.05) is 6.92 Å². The summed E-state index contributed by atoms with van der Waals surface area (Å²) in [6.07, 6.45) is 7.35. The molecule has 44 heavy (non-hydrogen) atoms. The summed E-state index contributed by atoms with van der Waals surface area (Å²) in [6.45, 7) is 17.9. The highest BCUT2D eigenvalue weighted by Crippen LogP contribution is 2.76. The maximum Gasteiger partial charge on any atom is 0.310 e. The largest absolute Gasteiger partial charge is 0.481 e. The second kappa shape index (κ2) is 10.9. The Morgan fingerprint density at radius 1 is 0.864 bits per heavy atom. The first kappa shape index (κ1) is 33.0. The molecular formula is C36H54O8. The van der Waals surface area contributed by atoms with Crippen molar-refractivity contribution in [1.82, 2.24) is 0 Å². The molecule has 8 nitrogen and oxygen atoms in total. The number of hydrogen-bond donors (Lipinski definition) is 1. The highest BCUT2D eigenvalue weighted by Gasteiger charge is 2.72. The molecule has 4 fully saturated rings. The molecule has 5 aliphatic carbocycles. The van der Waals surface area contributed by atoms with E-state index in [2.05, 4.69) is 40.7 Å². The Kier molecular flexibility index (Phi) is 8.15. The summed E-state index contributed by atoms with van der Waals surface area (Å²) in [6, 6.07) is 0. The SMILES string of the molecule is CC(=O)OC[C@@]1(C)C2CC[C@]3(C)C(CC=C4C5[C@@H](C)[C@H](C)CC[C@]5(C(=O)O)CC[C@]43C)[C@@]2(C)C[C@@H](OC(C)=O)[C@@H]1OC(C)=O. The van der Waals surface area contributed by atoms with Crippen LogP contribution in [0.1, 0.15) is 114 Å². The van der Waals surface area contributed by atoms with Gasteiger partial charge < -0.3 is 19.3 Å². The summed E-state index contributed by atoms with van der Waals surface area (Å²) >= 11 is 0. The molecule has 0 aromatic heterocycles. The average Bonchev–Trinajstić information content (AvgIpc) is 2.91. The topological polar surface area (TPSA) is 116 Å². The second-order valence-electron chi connectivity index (χ2n) is 16.3. The molecule has 3 unspecified atom stereocenters. The van der Waals surface area contributed by atoms with E-state index < -0.39 is 46.9 Å². The van der Waals surface area contributed by atoms with E-state index in [4.69, 9.17) is 14.2 Å². The van der Waals surface area contributed by atoms with Gasteiger partial charge in [0.1, 0.15) is 18.8 Å². The lowest BCUT2D eigenvalue weighted by Crippen LogP contribution is -2.69. The molecule has 5 rings (SSSR count). The van der Waals surface area contributed by atoms with Gasteiger partial charge in [-0.25, -0.2) is 0 Å². The number of carboxylic acid groups (broad SMARTS) is 1. The Labute approximate surface area is 263 Å². The first-order valence-electron chi connectivity index (χ1n) is 16.8. The van der Waals surface area contributed by atoms with Gasteiger partial charge in [-0.1, -0.05) is 53.2 Å². The molecule has 246 valence electrons. The molecule has 0 aromatic carbocycles. The minimum atomic E-state index is -0.769. The molecule has 8 heteroatoms. The standard InChI is InChI=1S/C36H54O8/c1-20-12-15-36(31(40)41)17-16-34(8)25(29(36)21(20)2)10-11-28-32(6)18-26(43-23(4)38)30(44-24(5)39)33(7,19-42-22(3)37)27(32)13-14-35(28,34)9/h10,20-21,26-30H,11-19H2,1-9H3,(H,40,41)/t20-,21+,26-,27?,28?,29?,30+,32+,33+,34-,35-,36+/m1/s1. The van der Waals surface area contributed by atoms with Gasteiger partial charge in [0.05, 0.1) is 5.41 Å². The Balaban J connectivity index is 1.63. The van der Waals surface area contributed by atoms with Gasteiger partial charge in [-0.05, 0) is 97.2 Å². The van der Waals surface area contributed by atoms with Crippen LogP contribution in [0, 0.1) is 56.7 Å². The molecule has 0 aliphatic heterocycles. The number of carbonyl (C=O) groups is 4. The van der Waals surface area contributed by atoms with E-state index in [1.54, 1.807) is 0 Å². The predicted molar refractivity (Wildman–Crippen MR) is 164 cm³/mol. The molecule has 0 heterocycles. The molecule has 0 spiro atoms. The maximum absolute atomic E-state index is 13.0. The van der Waals surface area contributed by atoms with Gasteiger partial charge in [0.2, 0.25) is 0 Å². The fourth-order valence-electron chi connectivity index (χ4n) is 11.9. The predicted octanol–water partition coefficient (Wildman–Crippen LogP) is 6.75. The van der Waals surface area contributed by atoms with Crippen molar-refractivity contribution in [2.45, 2.75) is 126 Å². The number of esters is 3. The van der Waals surface area contributed by atoms with Crippen LogP contribution in [-0.4, -0.2) is 47.8 Å². The van der Waals surface area contributed by atoms with Crippen LogP contribution in [0.2, 0.25) is 0 Å². The van der Waals surface area contributed by atoms with Crippen LogP contribution in [0.3, 0.4) is 0 Å². The summed E-state index contributed by atoms with van der Waals surface area (Å²) in [7, 11) is 0. The first-order chi connectivity index (χ1) is 20.4. The van der Waals surface area contributed by atoms with Crippen LogP contribution in [-0.2, 0) is 33.4 Å². The molecule has 0 bridgehead atoms. The highest BCUT2D eigenvalue weighted by atomic mass is 16.6. The summed E-state index contributed by atoms with van der Waals surface area (Å²) in [5.74, 6) is -0.893. The minimum absolute atomic E-state index is 0.0218. The number of allylic oxidation sites excluding steroid dienone is 2. The molecule has 0 radical (unpaired) electrons.